The number of ketones is 1. The van der Waals surface area contributed by atoms with Crippen molar-refractivity contribution in [1.29, 1.82) is 0 Å². The minimum absolute atomic E-state index is 0.000146. The number of amides is 1. The van der Waals surface area contributed by atoms with Crippen LogP contribution in [0.4, 0.5) is 0 Å². The van der Waals surface area contributed by atoms with E-state index in [-0.39, 0.29) is 17.7 Å². The van der Waals surface area contributed by atoms with Gasteiger partial charge in [0.25, 0.3) is 5.91 Å². The zero-order chi connectivity index (χ0) is 21.5. The number of nitrogens with zero attached hydrogens (tertiary/aromatic N) is 1. The van der Waals surface area contributed by atoms with Gasteiger partial charge in [-0.3, -0.25) is 23.7 Å². The van der Waals surface area contributed by atoms with Crippen LogP contribution in [0.25, 0.3) is 0 Å². The Morgan fingerprint density at radius 2 is 1.57 bits per heavy atom. The first-order valence-electron chi connectivity index (χ1n) is 8.51. The number of aryl methyl sites for hydroxylation is 2. The Labute approximate surface area is 164 Å². The Hall–Kier alpha value is -2.62. The highest BCUT2D eigenvalue weighted by atomic mass is 32.3. The van der Waals surface area contributed by atoms with Crippen LogP contribution in [0.3, 0.4) is 0 Å². The second kappa shape index (κ2) is 10.1. The summed E-state index contributed by atoms with van der Waals surface area (Å²) in [5.41, 5.74) is 3.31. The van der Waals surface area contributed by atoms with Gasteiger partial charge in [0.05, 0.1) is 17.3 Å². The number of nitrogens with one attached hydrogen (secondary N) is 1. The molecule has 0 spiro atoms. The van der Waals surface area contributed by atoms with Crippen LogP contribution >= 0.6 is 0 Å². The molecule has 1 heterocycles. The molecule has 3 N–H and O–H groups in total. The van der Waals surface area contributed by atoms with E-state index in [1.54, 1.807) is 26.8 Å². The summed E-state index contributed by atoms with van der Waals surface area (Å²) in [7, 11) is -4.67. The molecule has 1 atom stereocenters. The molecule has 0 aliphatic carbocycles. The molecule has 0 aliphatic rings. The lowest BCUT2D eigenvalue weighted by atomic mass is 10.0. The molecule has 0 fully saturated rings. The summed E-state index contributed by atoms with van der Waals surface area (Å²) in [6, 6.07) is 11.3. The average Bonchev–Trinajstić information content (AvgIpc) is 2.60. The molecule has 0 radical (unpaired) electrons. The smallest absolute Gasteiger partial charge is 0.345 e. The van der Waals surface area contributed by atoms with Gasteiger partial charge in [-0.1, -0.05) is 37.3 Å². The number of pyridine rings is 1. The van der Waals surface area contributed by atoms with E-state index in [9.17, 15) is 9.59 Å². The molecule has 0 saturated heterocycles. The van der Waals surface area contributed by atoms with Crippen molar-refractivity contribution in [3.8, 4) is 0 Å². The molecule has 1 amide bonds. The van der Waals surface area contributed by atoms with E-state index in [1.165, 1.54) is 0 Å². The lowest BCUT2D eigenvalue weighted by molar-refractivity contribution is 0.0938. The van der Waals surface area contributed by atoms with Crippen LogP contribution in [0.15, 0.2) is 36.4 Å². The van der Waals surface area contributed by atoms with Crippen molar-refractivity contribution >= 4 is 22.1 Å². The predicted octanol–water partition coefficient (Wildman–Crippen LogP) is 3.13. The van der Waals surface area contributed by atoms with Gasteiger partial charge in [-0.15, -0.1) is 0 Å². The van der Waals surface area contributed by atoms with Crippen LogP contribution in [0.5, 0.6) is 0 Å². The summed E-state index contributed by atoms with van der Waals surface area (Å²) < 4.78 is 31.6. The molecule has 152 valence electrons. The fraction of sp³-hybridized carbons (Fsp3) is 0.316. The third-order valence-electron chi connectivity index (χ3n) is 3.92. The van der Waals surface area contributed by atoms with Gasteiger partial charge in [0, 0.05) is 17.7 Å². The summed E-state index contributed by atoms with van der Waals surface area (Å²) in [6.07, 6.45) is 0.396. The monoisotopic (exact) mass is 408 g/mol. The summed E-state index contributed by atoms with van der Waals surface area (Å²) in [6.45, 7) is 7.32. The first kappa shape index (κ1) is 23.4. The average molecular weight is 408 g/mol. The van der Waals surface area contributed by atoms with Crippen LogP contribution in [0, 0.1) is 13.8 Å². The maximum absolute atomic E-state index is 12.6. The second-order valence-corrected chi connectivity index (χ2v) is 6.98. The number of aromatic nitrogens is 1. The molecule has 0 bridgehead atoms. The third-order valence-corrected chi connectivity index (χ3v) is 3.92. The van der Waals surface area contributed by atoms with Gasteiger partial charge in [0.2, 0.25) is 0 Å². The van der Waals surface area contributed by atoms with E-state index in [2.05, 4.69) is 10.3 Å². The number of carbonyl (C=O) groups excluding carboxylic acids is 2. The Morgan fingerprint density at radius 1 is 1.07 bits per heavy atom. The number of Topliss-reactive ketones (excluding diaryl/α,β-unsaturated/α-hetero) is 1. The van der Waals surface area contributed by atoms with E-state index >= 15 is 0 Å². The highest BCUT2D eigenvalue weighted by molar-refractivity contribution is 7.79. The number of benzene rings is 1. The molecular weight excluding hydrogens is 384 g/mol. The highest BCUT2D eigenvalue weighted by Gasteiger charge is 2.18. The van der Waals surface area contributed by atoms with Gasteiger partial charge in [-0.05, 0) is 32.4 Å². The summed E-state index contributed by atoms with van der Waals surface area (Å²) in [4.78, 5) is 28.9. The van der Waals surface area contributed by atoms with Gasteiger partial charge in [0.1, 0.15) is 0 Å². The molecular formula is C19H24N2O6S. The molecule has 8 nitrogen and oxygen atoms in total. The zero-order valence-corrected chi connectivity index (χ0v) is 16.9. The highest BCUT2D eigenvalue weighted by Crippen LogP contribution is 2.17. The van der Waals surface area contributed by atoms with Crippen molar-refractivity contribution in [2.24, 2.45) is 0 Å². The quantitative estimate of drug-likeness (QED) is 0.511. The first-order valence-corrected chi connectivity index (χ1v) is 9.90. The van der Waals surface area contributed by atoms with Crippen molar-refractivity contribution in [1.82, 2.24) is 10.3 Å². The van der Waals surface area contributed by atoms with Crippen LogP contribution in [0.2, 0.25) is 0 Å². The van der Waals surface area contributed by atoms with Gasteiger partial charge in [0.15, 0.2) is 5.78 Å². The molecule has 2 rings (SSSR count). The predicted molar refractivity (Wildman–Crippen MR) is 105 cm³/mol. The van der Waals surface area contributed by atoms with Gasteiger partial charge >= 0.3 is 10.4 Å². The molecule has 1 aromatic heterocycles. The molecule has 2 aromatic rings. The zero-order valence-electron chi connectivity index (χ0n) is 16.1. The van der Waals surface area contributed by atoms with E-state index in [0.717, 1.165) is 5.56 Å². The summed E-state index contributed by atoms with van der Waals surface area (Å²) in [5, 5.41) is 2.97. The van der Waals surface area contributed by atoms with Crippen LogP contribution in [-0.4, -0.2) is 34.2 Å². The number of hydrogen-bond acceptors (Lipinski definition) is 5. The number of hydrogen-bond donors (Lipinski definition) is 3. The van der Waals surface area contributed by atoms with E-state index in [1.807, 2.05) is 37.3 Å². The van der Waals surface area contributed by atoms with Crippen LogP contribution < -0.4 is 5.32 Å². The van der Waals surface area contributed by atoms with Crippen molar-refractivity contribution in [3.63, 3.8) is 0 Å². The fourth-order valence-corrected chi connectivity index (χ4v) is 2.53. The van der Waals surface area contributed by atoms with Gasteiger partial charge in [-0.2, -0.15) is 8.42 Å². The fourth-order valence-electron chi connectivity index (χ4n) is 2.53. The van der Waals surface area contributed by atoms with Crippen molar-refractivity contribution < 1.29 is 27.1 Å². The van der Waals surface area contributed by atoms with Crippen LogP contribution in [0.1, 0.15) is 64.0 Å². The topological polar surface area (TPSA) is 134 Å². The van der Waals surface area contributed by atoms with Gasteiger partial charge in [-0.25, -0.2) is 0 Å². The lowest BCUT2D eigenvalue weighted by Gasteiger charge is -2.16. The largest absolute Gasteiger partial charge is 0.394 e. The maximum Gasteiger partial charge on any atom is 0.394 e. The van der Waals surface area contributed by atoms with Crippen molar-refractivity contribution in [2.75, 3.05) is 0 Å². The van der Waals surface area contributed by atoms with E-state index < -0.39 is 10.4 Å². The molecule has 9 heteroatoms. The van der Waals surface area contributed by atoms with Crippen molar-refractivity contribution in [3.05, 3.63) is 64.5 Å². The Balaban J connectivity index is 0.000000696. The minimum Gasteiger partial charge on any atom is -0.345 e. The maximum atomic E-state index is 12.6. The number of rotatable bonds is 5. The van der Waals surface area contributed by atoms with Gasteiger partial charge < -0.3 is 5.32 Å². The Kier molecular flexibility index (Phi) is 8.42. The Morgan fingerprint density at radius 3 is 2.07 bits per heavy atom. The minimum atomic E-state index is -4.67. The molecule has 1 aromatic carbocycles. The molecule has 0 saturated carbocycles. The SMILES string of the molecule is CCC(=O)c1cc(C(=O)N[C@@H](C)c2ccccc2)c(C)nc1C.O=S(=O)(O)O. The number of carbonyl (C=O) groups is 2. The molecule has 0 aliphatic heterocycles. The van der Waals surface area contributed by atoms with E-state index in [0.29, 0.717) is 28.9 Å². The Bertz CT molecular complexity index is 934. The standard InChI is InChI=1S/C19H22N2O2.H2O4S/c1-5-18(22)16-11-17(14(4)20-13(16)3)19(23)21-12(2)15-9-7-6-8-10-15;1-5(2,3)4/h6-12H,5H2,1-4H3,(H,21,23);(H2,1,2,3,4)/t12-;/m0./s1. The summed E-state index contributed by atoms with van der Waals surface area (Å²) in [5.74, 6) is -0.211. The van der Waals surface area contributed by atoms with E-state index in [4.69, 9.17) is 17.5 Å². The van der Waals surface area contributed by atoms with Crippen LogP contribution in [-0.2, 0) is 10.4 Å². The first-order chi connectivity index (χ1) is 12.9. The second-order valence-electron chi connectivity index (χ2n) is 6.08. The molecule has 0 unspecified atom stereocenters. The van der Waals surface area contributed by atoms with Crippen molar-refractivity contribution in [2.45, 2.75) is 40.2 Å². The lowest BCUT2D eigenvalue weighted by Crippen LogP contribution is -2.28. The normalized spacial score (nSPS) is 11.8. The molecule has 28 heavy (non-hydrogen) atoms. The summed E-state index contributed by atoms with van der Waals surface area (Å²) >= 11 is 0. The third kappa shape index (κ3) is 7.55.